The Labute approximate surface area is 161 Å². The summed E-state index contributed by atoms with van der Waals surface area (Å²) >= 11 is 1.38. The molecule has 27 heavy (non-hydrogen) atoms. The second-order valence-electron chi connectivity index (χ2n) is 5.80. The standard InChI is InChI=1S/C19H20FN3O3S/c1-23-18(11-26-16-9-7-15(25-2)8-10-16)21-22-19(23)27-12-17(24)13-3-5-14(20)6-4-13/h3-10,17,24H,11-12H2,1-2H3. The van der Waals surface area contributed by atoms with Gasteiger partial charge < -0.3 is 19.1 Å². The van der Waals surface area contributed by atoms with Crippen molar-refractivity contribution in [2.45, 2.75) is 17.9 Å². The average molecular weight is 389 g/mol. The number of hydrogen-bond donors (Lipinski definition) is 1. The van der Waals surface area contributed by atoms with Crippen LogP contribution in [0, 0.1) is 5.82 Å². The second kappa shape index (κ2) is 8.88. The number of aliphatic hydroxyl groups excluding tert-OH is 1. The molecule has 8 heteroatoms. The summed E-state index contributed by atoms with van der Waals surface area (Å²) in [6, 6.07) is 13.1. The number of rotatable bonds is 8. The Balaban J connectivity index is 1.55. The lowest BCUT2D eigenvalue weighted by Crippen LogP contribution is -2.05. The monoisotopic (exact) mass is 389 g/mol. The molecule has 1 atom stereocenters. The molecule has 0 amide bonds. The van der Waals surface area contributed by atoms with Crippen LogP contribution in [0.2, 0.25) is 0 Å². The van der Waals surface area contributed by atoms with E-state index in [1.807, 2.05) is 35.9 Å². The minimum absolute atomic E-state index is 0.275. The first-order chi connectivity index (χ1) is 13.1. The van der Waals surface area contributed by atoms with Crippen LogP contribution in [-0.2, 0) is 13.7 Å². The summed E-state index contributed by atoms with van der Waals surface area (Å²) in [5.74, 6) is 2.20. The van der Waals surface area contributed by atoms with E-state index in [4.69, 9.17) is 9.47 Å². The Morgan fingerprint density at radius 1 is 1.07 bits per heavy atom. The molecule has 0 radical (unpaired) electrons. The molecule has 0 aliphatic rings. The summed E-state index contributed by atoms with van der Waals surface area (Å²) in [6.45, 7) is 0.275. The molecule has 0 fully saturated rings. The van der Waals surface area contributed by atoms with Crippen LogP contribution < -0.4 is 9.47 Å². The van der Waals surface area contributed by atoms with E-state index in [2.05, 4.69) is 10.2 Å². The molecule has 0 aliphatic carbocycles. The van der Waals surface area contributed by atoms with Crippen LogP contribution in [0.25, 0.3) is 0 Å². The van der Waals surface area contributed by atoms with Crippen molar-refractivity contribution in [1.29, 1.82) is 0 Å². The molecule has 1 aromatic heterocycles. The molecule has 142 valence electrons. The van der Waals surface area contributed by atoms with Crippen molar-refractivity contribution in [3.05, 3.63) is 65.7 Å². The molecule has 0 aliphatic heterocycles. The first kappa shape index (κ1) is 19.2. The first-order valence-corrected chi connectivity index (χ1v) is 9.27. The van der Waals surface area contributed by atoms with Crippen molar-refractivity contribution in [2.24, 2.45) is 7.05 Å². The molecule has 3 aromatic rings. The molecule has 0 bridgehead atoms. The first-order valence-electron chi connectivity index (χ1n) is 8.28. The maximum atomic E-state index is 13.0. The van der Waals surface area contributed by atoms with E-state index in [9.17, 15) is 9.50 Å². The van der Waals surface area contributed by atoms with Gasteiger partial charge in [0.05, 0.1) is 13.2 Å². The minimum Gasteiger partial charge on any atom is -0.497 e. The van der Waals surface area contributed by atoms with Crippen LogP contribution in [-0.4, -0.2) is 32.7 Å². The summed E-state index contributed by atoms with van der Waals surface area (Å²) < 4.78 is 25.6. The third kappa shape index (κ3) is 4.99. The summed E-state index contributed by atoms with van der Waals surface area (Å²) in [5.41, 5.74) is 0.661. The van der Waals surface area contributed by atoms with Crippen LogP contribution in [0.3, 0.4) is 0 Å². The van der Waals surface area contributed by atoms with Crippen LogP contribution >= 0.6 is 11.8 Å². The maximum Gasteiger partial charge on any atom is 0.191 e. The molecular weight excluding hydrogens is 369 g/mol. The molecule has 1 heterocycles. The van der Waals surface area contributed by atoms with Gasteiger partial charge in [-0.2, -0.15) is 0 Å². The Bertz CT molecular complexity index is 869. The predicted octanol–water partition coefficient (Wildman–Crippen LogP) is 3.37. The lowest BCUT2D eigenvalue weighted by Gasteiger charge is -2.10. The number of aromatic nitrogens is 3. The number of methoxy groups -OCH3 is 1. The fourth-order valence-corrected chi connectivity index (χ4v) is 3.25. The lowest BCUT2D eigenvalue weighted by atomic mass is 10.1. The molecular formula is C19H20FN3O3S. The van der Waals surface area contributed by atoms with Gasteiger partial charge in [0.1, 0.15) is 23.9 Å². The fourth-order valence-electron chi connectivity index (χ4n) is 2.35. The van der Waals surface area contributed by atoms with Crippen molar-refractivity contribution in [2.75, 3.05) is 12.9 Å². The van der Waals surface area contributed by atoms with Gasteiger partial charge in [-0.3, -0.25) is 0 Å². The molecule has 0 saturated carbocycles. The van der Waals surface area contributed by atoms with E-state index in [0.717, 1.165) is 5.75 Å². The molecule has 3 rings (SSSR count). The zero-order chi connectivity index (χ0) is 19.2. The number of nitrogens with zero attached hydrogens (tertiary/aromatic N) is 3. The molecule has 0 spiro atoms. The number of benzene rings is 2. The van der Waals surface area contributed by atoms with Crippen molar-refractivity contribution in [3.63, 3.8) is 0 Å². The van der Waals surface area contributed by atoms with Gasteiger partial charge in [0.25, 0.3) is 0 Å². The number of ether oxygens (including phenoxy) is 2. The van der Waals surface area contributed by atoms with Crippen molar-refractivity contribution in [3.8, 4) is 11.5 Å². The zero-order valence-corrected chi connectivity index (χ0v) is 15.8. The van der Waals surface area contributed by atoms with Crippen molar-refractivity contribution in [1.82, 2.24) is 14.8 Å². The summed E-state index contributed by atoms with van der Waals surface area (Å²) in [6.07, 6.45) is -0.716. The molecule has 2 aromatic carbocycles. The Morgan fingerprint density at radius 2 is 1.74 bits per heavy atom. The largest absolute Gasteiger partial charge is 0.497 e. The smallest absolute Gasteiger partial charge is 0.191 e. The number of thioether (sulfide) groups is 1. The van der Waals surface area contributed by atoms with E-state index >= 15 is 0 Å². The fraction of sp³-hybridized carbons (Fsp3) is 0.263. The van der Waals surface area contributed by atoms with Gasteiger partial charge in [0, 0.05) is 12.8 Å². The topological polar surface area (TPSA) is 69.4 Å². The van der Waals surface area contributed by atoms with E-state index < -0.39 is 6.10 Å². The zero-order valence-electron chi connectivity index (χ0n) is 15.0. The Morgan fingerprint density at radius 3 is 2.41 bits per heavy atom. The van der Waals surface area contributed by atoms with Gasteiger partial charge in [-0.1, -0.05) is 23.9 Å². The van der Waals surface area contributed by atoms with Gasteiger partial charge in [-0.05, 0) is 42.0 Å². The molecule has 1 N–H and O–H groups in total. The highest BCUT2D eigenvalue weighted by Gasteiger charge is 2.14. The summed E-state index contributed by atoms with van der Waals surface area (Å²) in [5, 5.41) is 19.2. The van der Waals surface area contributed by atoms with Gasteiger partial charge in [-0.15, -0.1) is 10.2 Å². The Hall–Kier alpha value is -2.58. The average Bonchev–Trinajstić information content (AvgIpc) is 3.05. The van der Waals surface area contributed by atoms with E-state index in [0.29, 0.717) is 28.0 Å². The van der Waals surface area contributed by atoms with E-state index in [1.54, 1.807) is 19.2 Å². The van der Waals surface area contributed by atoms with Crippen LogP contribution in [0.4, 0.5) is 4.39 Å². The van der Waals surface area contributed by atoms with Gasteiger partial charge >= 0.3 is 0 Å². The third-order valence-electron chi connectivity index (χ3n) is 3.98. The number of hydrogen-bond acceptors (Lipinski definition) is 6. The number of halogens is 1. The highest BCUT2D eigenvalue weighted by atomic mass is 32.2. The summed E-state index contributed by atoms with van der Waals surface area (Å²) in [4.78, 5) is 0. The predicted molar refractivity (Wildman–Crippen MR) is 100 cm³/mol. The SMILES string of the molecule is COc1ccc(OCc2nnc(SCC(O)c3ccc(F)cc3)n2C)cc1. The van der Waals surface area contributed by atoms with Gasteiger partial charge in [-0.25, -0.2) is 4.39 Å². The number of aliphatic hydroxyl groups is 1. The van der Waals surface area contributed by atoms with Crippen molar-refractivity contribution < 1.29 is 19.0 Å². The van der Waals surface area contributed by atoms with E-state index in [-0.39, 0.29) is 12.4 Å². The minimum atomic E-state index is -0.716. The molecule has 6 nitrogen and oxygen atoms in total. The normalized spacial score (nSPS) is 12.0. The lowest BCUT2D eigenvalue weighted by molar-refractivity contribution is 0.204. The molecule has 0 saturated heterocycles. The van der Waals surface area contributed by atoms with Gasteiger partial charge in [0.2, 0.25) is 0 Å². The summed E-state index contributed by atoms with van der Waals surface area (Å²) in [7, 11) is 3.46. The highest BCUT2D eigenvalue weighted by Crippen LogP contribution is 2.24. The van der Waals surface area contributed by atoms with Crippen LogP contribution in [0.15, 0.2) is 53.7 Å². The van der Waals surface area contributed by atoms with Crippen LogP contribution in [0.1, 0.15) is 17.5 Å². The van der Waals surface area contributed by atoms with Gasteiger partial charge in [0.15, 0.2) is 11.0 Å². The quantitative estimate of drug-likeness (QED) is 0.596. The highest BCUT2D eigenvalue weighted by molar-refractivity contribution is 7.99. The molecule has 1 unspecified atom stereocenters. The Kier molecular flexibility index (Phi) is 6.31. The van der Waals surface area contributed by atoms with Crippen molar-refractivity contribution >= 4 is 11.8 Å². The second-order valence-corrected chi connectivity index (χ2v) is 6.79. The van der Waals surface area contributed by atoms with Crippen LogP contribution in [0.5, 0.6) is 11.5 Å². The third-order valence-corrected chi connectivity index (χ3v) is 5.07. The maximum absolute atomic E-state index is 13.0. The van der Waals surface area contributed by atoms with E-state index in [1.165, 1.54) is 23.9 Å².